The van der Waals surface area contributed by atoms with E-state index in [1.807, 2.05) is 30.6 Å². The van der Waals surface area contributed by atoms with Crippen molar-refractivity contribution in [2.24, 2.45) is 0 Å². The highest BCUT2D eigenvalue weighted by Gasteiger charge is 2.17. The average Bonchev–Trinajstić information content (AvgIpc) is 3.61. The number of para-hydroxylation sites is 3. The molecule has 9 rings (SSSR count). The molecule has 5 nitrogen and oxygen atoms in total. The minimum Gasteiger partial charge on any atom is -0.309 e. The van der Waals surface area contributed by atoms with Gasteiger partial charge in [-0.15, -0.1) is 0 Å². The Morgan fingerprint density at radius 1 is 0.432 bits per heavy atom. The molecule has 0 saturated carbocycles. The number of fused-ring (bicyclic) bond motifs is 6. The van der Waals surface area contributed by atoms with E-state index in [4.69, 9.17) is 9.97 Å². The van der Waals surface area contributed by atoms with E-state index < -0.39 is 0 Å². The van der Waals surface area contributed by atoms with Crippen LogP contribution in [-0.4, -0.2) is 24.1 Å². The molecule has 5 heteroatoms. The maximum absolute atomic E-state index is 4.97. The lowest BCUT2D eigenvalue weighted by atomic mass is 10.0. The summed E-state index contributed by atoms with van der Waals surface area (Å²) in [7, 11) is 0. The Morgan fingerprint density at radius 3 is 1.73 bits per heavy atom. The molecule has 0 fully saturated rings. The second-order valence-electron chi connectivity index (χ2n) is 11.0. The lowest BCUT2D eigenvalue weighted by molar-refractivity contribution is 0.991. The summed E-state index contributed by atoms with van der Waals surface area (Å²) in [4.78, 5) is 13.9. The molecule has 0 aliphatic rings. The molecule has 0 aliphatic heterocycles. The third-order valence-electron chi connectivity index (χ3n) is 8.49. The van der Waals surface area contributed by atoms with E-state index >= 15 is 0 Å². The van der Waals surface area contributed by atoms with Gasteiger partial charge in [-0.1, -0.05) is 66.7 Å². The van der Waals surface area contributed by atoms with Crippen molar-refractivity contribution in [2.75, 3.05) is 0 Å². The van der Waals surface area contributed by atoms with Crippen molar-refractivity contribution in [3.8, 4) is 34.0 Å². The summed E-state index contributed by atoms with van der Waals surface area (Å²) >= 11 is 0. The number of hydrogen-bond donors (Lipinski definition) is 0. The van der Waals surface area contributed by atoms with Crippen LogP contribution < -0.4 is 0 Å². The number of aromatic nitrogens is 5. The molecular weight excluding hydrogens is 538 g/mol. The molecule has 9 aromatic rings. The van der Waals surface area contributed by atoms with Crippen LogP contribution in [0.3, 0.4) is 0 Å². The van der Waals surface area contributed by atoms with Gasteiger partial charge in [0.1, 0.15) is 0 Å². The molecule has 0 N–H and O–H groups in total. The highest BCUT2D eigenvalue weighted by molar-refractivity contribution is 6.12. The maximum Gasteiger partial charge on any atom is 0.235 e. The van der Waals surface area contributed by atoms with E-state index in [2.05, 4.69) is 129 Å². The smallest absolute Gasteiger partial charge is 0.235 e. The van der Waals surface area contributed by atoms with E-state index in [0.717, 1.165) is 28.0 Å². The van der Waals surface area contributed by atoms with Crippen LogP contribution in [0.5, 0.6) is 0 Å². The standard InChI is InChI=1S/C39H25N5/c1-2-10-29(11-3-1)43-35-14-6-4-12-30(35)32-23-26(16-18-37(32)43)27-17-19-38-33(24-27)31-13-5-7-15-36(31)44(38)39-41-22-20-34(42-39)28-9-8-21-40-25-28/h1-25H. The highest BCUT2D eigenvalue weighted by Crippen LogP contribution is 2.38. The van der Waals surface area contributed by atoms with E-state index in [9.17, 15) is 0 Å². The zero-order valence-corrected chi connectivity index (χ0v) is 23.7. The molecule has 0 saturated heterocycles. The molecule has 4 heterocycles. The molecule has 206 valence electrons. The third kappa shape index (κ3) is 3.76. The topological polar surface area (TPSA) is 48.5 Å². The van der Waals surface area contributed by atoms with Gasteiger partial charge < -0.3 is 4.57 Å². The average molecular weight is 564 g/mol. The van der Waals surface area contributed by atoms with Gasteiger partial charge in [0.25, 0.3) is 0 Å². The highest BCUT2D eigenvalue weighted by atomic mass is 15.2. The fraction of sp³-hybridized carbons (Fsp3) is 0. The maximum atomic E-state index is 4.97. The predicted octanol–water partition coefficient (Wildman–Crippen LogP) is 9.40. The van der Waals surface area contributed by atoms with Crippen LogP contribution in [0.4, 0.5) is 0 Å². The molecule has 0 bridgehead atoms. The predicted molar refractivity (Wildman–Crippen MR) is 179 cm³/mol. The van der Waals surface area contributed by atoms with Crippen LogP contribution in [0, 0.1) is 0 Å². The second kappa shape index (κ2) is 9.75. The molecule has 44 heavy (non-hydrogen) atoms. The fourth-order valence-electron chi connectivity index (χ4n) is 6.51. The largest absolute Gasteiger partial charge is 0.309 e. The summed E-state index contributed by atoms with van der Waals surface area (Å²) in [5.74, 6) is 0.639. The normalized spacial score (nSPS) is 11.6. The summed E-state index contributed by atoms with van der Waals surface area (Å²) in [6, 6.07) is 47.1. The van der Waals surface area contributed by atoms with Crippen molar-refractivity contribution < 1.29 is 0 Å². The van der Waals surface area contributed by atoms with Gasteiger partial charge >= 0.3 is 0 Å². The molecule has 0 spiro atoms. The Balaban J connectivity index is 1.23. The number of pyridine rings is 1. The number of nitrogens with zero attached hydrogens (tertiary/aromatic N) is 5. The van der Waals surface area contributed by atoms with Gasteiger partial charge in [-0.3, -0.25) is 9.55 Å². The monoisotopic (exact) mass is 563 g/mol. The van der Waals surface area contributed by atoms with E-state index in [-0.39, 0.29) is 0 Å². The van der Waals surface area contributed by atoms with Gasteiger partial charge in [-0.2, -0.15) is 0 Å². The summed E-state index contributed by atoms with van der Waals surface area (Å²) in [6.45, 7) is 0. The fourth-order valence-corrected chi connectivity index (χ4v) is 6.51. The Hall–Kier alpha value is -6.07. The Kier molecular flexibility index (Phi) is 5.43. The van der Waals surface area contributed by atoms with Crippen LogP contribution in [0.25, 0.3) is 77.6 Å². The van der Waals surface area contributed by atoms with Gasteiger partial charge in [0.15, 0.2) is 0 Å². The van der Waals surface area contributed by atoms with Crippen molar-refractivity contribution in [3.63, 3.8) is 0 Å². The van der Waals surface area contributed by atoms with Crippen molar-refractivity contribution in [2.45, 2.75) is 0 Å². The zero-order chi connectivity index (χ0) is 29.0. The molecule has 0 aliphatic carbocycles. The minimum absolute atomic E-state index is 0.639. The second-order valence-corrected chi connectivity index (χ2v) is 11.0. The molecule has 0 amide bonds. The van der Waals surface area contributed by atoms with E-state index in [1.54, 1.807) is 6.20 Å². The summed E-state index contributed by atoms with van der Waals surface area (Å²) < 4.78 is 4.51. The molecule has 0 unspecified atom stereocenters. The molecular formula is C39H25N5. The van der Waals surface area contributed by atoms with Crippen molar-refractivity contribution in [1.29, 1.82) is 0 Å². The van der Waals surface area contributed by atoms with Gasteiger partial charge in [-0.05, 0) is 77.9 Å². The van der Waals surface area contributed by atoms with Crippen molar-refractivity contribution in [1.82, 2.24) is 24.1 Å². The minimum atomic E-state index is 0.639. The first-order valence-corrected chi connectivity index (χ1v) is 14.7. The van der Waals surface area contributed by atoms with Crippen LogP contribution >= 0.6 is 0 Å². The number of hydrogen-bond acceptors (Lipinski definition) is 3. The SMILES string of the molecule is c1ccc(-n2c3ccccc3c3cc(-c4ccc5c(c4)c4ccccc4n5-c4nccc(-c5cccnc5)n4)ccc32)cc1. The molecule has 5 aromatic carbocycles. The lowest BCUT2D eigenvalue weighted by Crippen LogP contribution is -2.01. The Labute approximate surface area is 253 Å². The lowest BCUT2D eigenvalue weighted by Gasteiger charge is -2.09. The van der Waals surface area contributed by atoms with Crippen LogP contribution in [0.1, 0.15) is 0 Å². The first kappa shape index (κ1) is 24.5. The first-order chi connectivity index (χ1) is 21.8. The van der Waals surface area contributed by atoms with Crippen molar-refractivity contribution in [3.05, 3.63) is 152 Å². The van der Waals surface area contributed by atoms with E-state index in [1.165, 1.54) is 43.7 Å². The Bertz CT molecular complexity index is 2490. The zero-order valence-electron chi connectivity index (χ0n) is 23.7. The van der Waals surface area contributed by atoms with Crippen molar-refractivity contribution >= 4 is 43.6 Å². The van der Waals surface area contributed by atoms with Gasteiger partial charge in [-0.25, -0.2) is 9.97 Å². The van der Waals surface area contributed by atoms with Gasteiger partial charge in [0.05, 0.1) is 27.8 Å². The first-order valence-electron chi connectivity index (χ1n) is 14.7. The molecule has 0 radical (unpaired) electrons. The summed E-state index contributed by atoms with van der Waals surface area (Å²) in [6.07, 6.45) is 5.42. The van der Waals surface area contributed by atoms with Crippen LogP contribution in [0.15, 0.2) is 152 Å². The van der Waals surface area contributed by atoms with Crippen LogP contribution in [-0.2, 0) is 0 Å². The third-order valence-corrected chi connectivity index (χ3v) is 8.49. The number of rotatable bonds is 4. The number of benzene rings is 5. The van der Waals surface area contributed by atoms with Gasteiger partial charge in [0, 0.05) is 51.4 Å². The van der Waals surface area contributed by atoms with Gasteiger partial charge in [0.2, 0.25) is 5.95 Å². The van der Waals surface area contributed by atoms with E-state index in [0.29, 0.717) is 5.95 Å². The quantitative estimate of drug-likeness (QED) is 0.214. The Morgan fingerprint density at radius 2 is 1.05 bits per heavy atom. The molecule has 0 atom stereocenters. The summed E-state index contributed by atoms with van der Waals surface area (Å²) in [5, 5.41) is 4.82. The summed E-state index contributed by atoms with van der Waals surface area (Å²) in [5.41, 5.74) is 9.87. The van der Waals surface area contributed by atoms with Crippen LogP contribution in [0.2, 0.25) is 0 Å². The molecule has 4 aromatic heterocycles.